The Balaban J connectivity index is 1.97. The summed E-state index contributed by atoms with van der Waals surface area (Å²) in [5.41, 5.74) is 1.27. The van der Waals surface area contributed by atoms with E-state index in [9.17, 15) is 9.18 Å². The number of allylic oxidation sites excluding steroid dienone is 1. The molecule has 0 unspecified atom stereocenters. The van der Waals surface area contributed by atoms with Gasteiger partial charge in [-0.2, -0.15) is 0 Å². The highest BCUT2D eigenvalue weighted by Gasteiger charge is 2.00. The van der Waals surface area contributed by atoms with Crippen LogP contribution in [0.2, 0.25) is 5.02 Å². The molecule has 0 spiro atoms. The molecule has 0 saturated carbocycles. The van der Waals surface area contributed by atoms with E-state index in [-0.39, 0.29) is 11.6 Å². The quantitative estimate of drug-likeness (QED) is 0.666. The first kappa shape index (κ1) is 13.3. The number of benzene rings is 2. The fourth-order valence-corrected chi connectivity index (χ4v) is 1.60. The first-order chi connectivity index (χ1) is 9.15. The number of carbonyl (C=O) groups excluding carboxylic acids is 1. The molecule has 2 rings (SSSR count). The molecule has 0 fully saturated rings. The van der Waals surface area contributed by atoms with Crippen molar-refractivity contribution in [2.24, 2.45) is 0 Å². The Hall–Kier alpha value is -2.13. The maximum Gasteiger partial charge on any atom is 0.187 e. The third-order valence-corrected chi connectivity index (χ3v) is 2.71. The average molecular weight is 276 g/mol. The van der Waals surface area contributed by atoms with Crippen molar-refractivity contribution in [1.29, 1.82) is 0 Å². The number of anilines is 1. The van der Waals surface area contributed by atoms with Crippen molar-refractivity contribution in [1.82, 2.24) is 0 Å². The van der Waals surface area contributed by atoms with Gasteiger partial charge in [0.25, 0.3) is 0 Å². The van der Waals surface area contributed by atoms with E-state index in [1.165, 1.54) is 24.4 Å². The van der Waals surface area contributed by atoms with E-state index >= 15 is 0 Å². The number of rotatable bonds is 4. The molecule has 2 aromatic rings. The van der Waals surface area contributed by atoms with Gasteiger partial charge in [0.1, 0.15) is 5.82 Å². The summed E-state index contributed by atoms with van der Waals surface area (Å²) in [6.45, 7) is 0. The van der Waals surface area contributed by atoms with Crippen molar-refractivity contribution < 1.29 is 9.18 Å². The normalized spacial score (nSPS) is 10.6. The maximum absolute atomic E-state index is 12.7. The van der Waals surface area contributed by atoms with Crippen molar-refractivity contribution in [2.75, 3.05) is 5.32 Å². The molecule has 0 aromatic heterocycles. The topological polar surface area (TPSA) is 29.1 Å². The van der Waals surface area contributed by atoms with Crippen LogP contribution in [-0.4, -0.2) is 5.78 Å². The van der Waals surface area contributed by atoms with E-state index in [0.717, 1.165) is 0 Å². The minimum Gasteiger partial charge on any atom is -0.362 e. The van der Waals surface area contributed by atoms with Gasteiger partial charge in [0.2, 0.25) is 0 Å². The molecule has 2 aromatic carbocycles. The molecule has 0 aliphatic rings. The Morgan fingerprint density at radius 1 is 1.05 bits per heavy atom. The molecule has 0 aliphatic carbocycles. The summed E-state index contributed by atoms with van der Waals surface area (Å²) in [5.74, 6) is -0.432. The van der Waals surface area contributed by atoms with Crippen LogP contribution in [0.5, 0.6) is 0 Å². The minimum absolute atomic E-state index is 0.133. The van der Waals surface area contributed by atoms with Crippen LogP contribution in [0.3, 0.4) is 0 Å². The largest absolute Gasteiger partial charge is 0.362 e. The zero-order chi connectivity index (χ0) is 13.7. The highest BCUT2D eigenvalue weighted by molar-refractivity contribution is 6.30. The summed E-state index contributed by atoms with van der Waals surface area (Å²) in [6, 6.07) is 12.5. The molecule has 0 radical (unpaired) electrons. The Morgan fingerprint density at radius 3 is 2.32 bits per heavy atom. The summed E-state index contributed by atoms with van der Waals surface area (Å²) < 4.78 is 12.7. The van der Waals surface area contributed by atoms with Crippen molar-refractivity contribution in [3.05, 3.63) is 77.2 Å². The van der Waals surface area contributed by atoms with Crippen LogP contribution in [0.1, 0.15) is 10.4 Å². The van der Waals surface area contributed by atoms with Crippen molar-refractivity contribution >= 4 is 23.1 Å². The number of ketones is 1. The monoisotopic (exact) mass is 275 g/mol. The highest BCUT2D eigenvalue weighted by atomic mass is 35.5. The molecule has 4 heteroatoms. The van der Waals surface area contributed by atoms with Crippen LogP contribution in [0.15, 0.2) is 60.8 Å². The molecule has 1 N–H and O–H groups in total. The number of hydrogen-bond donors (Lipinski definition) is 1. The lowest BCUT2D eigenvalue weighted by atomic mass is 10.1. The van der Waals surface area contributed by atoms with Crippen molar-refractivity contribution in [2.45, 2.75) is 0 Å². The van der Waals surface area contributed by atoms with Crippen LogP contribution in [0, 0.1) is 5.82 Å². The second kappa shape index (κ2) is 6.16. The van der Waals surface area contributed by atoms with Gasteiger partial charge in [0.15, 0.2) is 5.78 Å². The van der Waals surface area contributed by atoms with E-state index in [1.54, 1.807) is 36.4 Å². The van der Waals surface area contributed by atoms with Crippen LogP contribution >= 0.6 is 11.6 Å². The van der Waals surface area contributed by atoms with E-state index in [1.807, 2.05) is 0 Å². The second-order valence-electron chi connectivity index (χ2n) is 3.86. The third kappa shape index (κ3) is 3.93. The zero-order valence-electron chi connectivity index (χ0n) is 9.94. The highest BCUT2D eigenvalue weighted by Crippen LogP contribution is 2.11. The smallest absolute Gasteiger partial charge is 0.187 e. The van der Waals surface area contributed by atoms with Gasteiger partial charge < -0.3 is 5.32 Å². The average Bonchev–Trinajstić information content (AvgIpc) is 2.41. The summed E-state index contributed by atoms with van der Waals surface area (Å²) in [7, 11) is 0. The number of halogens is 2. The predicted octanol–water partition coefficient (Wildman–Crippen LogP) is 4.29. The Labute approximate surface area is 115 Å². The molecule has 0 atom stereocenters. The molecule has 0 saturated heterocycles. The van der Waals surface area contributed by atoms with Crippen LogP contribution in [-0.2, 0) is 0 Å². The Morgan fingerprint density at radius 2 is 1.68 bits per heavy atom. The van der Waals surface area contributed by atoms with Gasteiger partial charge in [-0.3, -0.25) is 4.79 Å². The fraction of sp³-hybridized carbons (Fsp3) is 0. The van der Waals surface area contributed by atoms with Crippen LogP contribution in [0.25, 0.3) is 0 Å². The SMILES string of the molecule is O=C(/C=C/Nc1ccc(F)cc1)c1ccc(Cl)cc1. The summed E-state index contributed by atoms with van der Waals surface area (Å²) in [4.78, 5) is 11.8. The summed E-state index contributed by atoms with van der Waals surface area (Å²) >= 11 is 5.74. The predicted molar refractivity (Wildman–Crippen MR) is 74.9 cm³/mol. The second-order valence-corrected chi connectivity index (χ2v) is 4.29. The summed E-state index contributed by atoms with van der Waals surface area (Å²) in [5, 5.41) is 3.48. The third-order valence-electron chi connectivity index (χ3n) is 2.46. The van der Waals surface area contributed by atoms with Crippen molar-refractivity contribution in [3.8, 4) is 0 Å². The zero-order valence-corrected chi connectivity index (χ0v) is 10.7. The minimum atomic E-state index is -0.299. The summed E-state index contributed by atoms with van der Waals surface area (Å²) in [6.07, 6.45) is 2.93. The molecule has 0 aliphatic heterocycles. The van der Waals surface area contributed by atoms with Gasteiger partial charge in [-0.25, -0.2) is 4.39 Å². The van der Waals surface area contributed by atoms with Gasteiger partial charge >= 0.3 is 0 Å². The maximum atomic E-state index is 12.7. The van der Waals surface area contributed by atoms with Crippen molar-refractivity contribution in [3.63, 3.8) is 0 Å². The number of nitrogens with one attached hydrogen (secondary N) is 1. The van der Waals surface area contributed by atoms with E-state index in [0.29, 0.717) is 16.3 Å². The van der Waals surface area contributed by atoms with Gasteiger partial charge in [0, 0.05) is 28.5 Å². The molecule has 19 heavy (non-hydrogen) atoms. The molecular formula is C15H11ClFNO. The lowest BCUT2D eigenvalue weighted by molar-refractivity contribution is 0.104. The van der Waals surface area contributed by atoms with Gasteiger partial charge in [0.05, 0.1) is 0 Å². The number of hydrogen-bond acceptors (Lipinski definition) is 2. The van der Waals surface area contributed by atoms with E-state index in [2.05, 4.69) is 5.32 Å². The first-order valence-corrected chi connectivity index (χ1v) is 6.01. The molecule has 96 valence electrons. The fourth-order valence-electron chi connectivity index (χ4n) is 1.47. The lowest BCUT2D eigenvalue weighted by Crippen LogP contribution is -1.96. The molecule has 2 nitrogen and oxygen atoms in total. The Kier molecular flexibility index (Phi) is 4.31. The van der Waals surface area contributed by atoms with E-state index in [4.69, 9.17) is 11.6 Å². The standard InChI is InChI=1S/C15H11ClFNO/c16-12-3-1-11(2-4-12)15(19)9-10-18-14-7-5-13(17)6-8-14/h1-10,18H/b10-9+. The molecule has 0 amide bonds. The molecular weight excluding hydrogens is 265 g/mol. The van der Waals surface area contributed by atoms with Gasteiger partial charge in [-0.15, -0.1) is 0 Å². The number of carbonyl (C=O) groups is 1. The van der Waals surface area contributed by atoms with Crippen LogP contribution < -0.4 is 5.32 Å². The molecule has 0 heterocycles. The van der Waals surface area contributed by atoms with E-state index < -0.39 is 0 Å². The molecule has 0 bridgehead atoms. The Bertz CT molecular complexity index is 591. The first-order valence-electron chi connectivity index (χ1n) is 5.64. The van der Waals surface area contributed by atoms with Crippen LogP contribution in [0.4, 0.5) is 10.1 Å². The van der Waals surface area contributed by atoms with Gasteiger partial charge in [-0.05, 0) is 48.5 Å². The van der Waals surface area contributed by atoms with Gasteiger partial charge in [-0.1, -0.05) is 11.6 Å². The lowest BCUT2D eigenvalue weighted by Gasteiger charge is -2.00.